The minimum absolute atomic E-state index is 0.270. The van der Waals surface area contributed by atoms with Gasteiger partial charge in [0.05, 0.1) is 19.4 Å². The molecule has 13 heteroatoms. The van der Waals surface area contributed by atoms with Gasteiger partial charge in [0.15, 0.2) is 17.9 Å². The summed E-state index contributed by atoms with van der Waals surface area (Å²) in [7, 11) is 0. The summed E-state index contributed by atoms with van der Waals surface area (Å²) in [5.74, 6) is -3.93. The zero-order chi connectivity index (χ0) is 26.9. The Hall–Kier alpha value is -3.10. The fourth-order valence-corrected chi connectivity index (χ4v) is 4.40. The van der Waals surface area contributed by atoms with Crippen molar-refractivity contribution in [1.82, 2.24) is 19.9 Å². The van der Waals surface area contributed by atoms with Crippen molar-refractivity contribution in [2.24, 2.45) is 5.92 Å². The third kappa shape index (κ3) is 5.31. The highest BCUT2D eigenvalue weighted by Gasteiger charge is 2.49. The molecule has 1 saturated heterocycles. The van der Waals surface area contributed by atoms with E-state index in [4.69, 9.17) is 4.74 Å². The first-order chi connectivity index (χ1) is 17.7. The number of benzene rings is 1. The summed E-state index contributed by atoms with van der Waals surface area (Å²) < 4.78 is 48.0. The topological polar surface area (TPSA) is 141 Å². The van der Waals surface area contributed by atoms with E-state index in [0.29, 0.717) is 18.1 Å². The van der Waals surface area contributed by atoms with Crippen molar-refractivity contribution in [2.75, 3.05) is 19.8 Å². The number of ether oxygens (including phenoxy) is 1. The van der Waals surface area contributed by atoms with E-state index in [9.17, 15) is 38.4 Å². The highest BCUT2D eigenvalue weighted by molar-refractivity contribution is 5.94. The van der Waals surface area contributed by atoms with Crippen LogP contribution < -0.4 is 0 Å². The summed E-state index contributed by atoms with van der Waals surface area (Å²) in [5, 5.41) is 49.4. The Balaban J connectivity index is 1.66. The molecule has 1 aliphatic carbocycles. The summed E-state index contributed by atoms with van der Waals surface area (Å²) in [6.45, 7) is 0.0839. The zero-order valence-corrected chi connectivity index (χ0v) is 19.8. The number of amides is 1. The fraction of sp³-hybridized carbons (Fsp3) is 0.458. The molecule has 1 aliphatic heterocycles. The summed E-state index contributed by atoms with van der Waals surface area (Å²) >= 11 is 0. The molecule has 1 aromatic carbocycles. The molecular weight excluding hydrogens is 497 g/mol. The second-order valence-electron chi connectivity index (χ2n) is 8.98. The molecule has 2 heterocycles. The van der Waals surface area contributed by atoms with E-state index in [2.05, 4.69) is 10.3 Å². The Labute approximate surface area is 209 Å². The van der Waals surface area contributed by atoms with Crippen molar-refractivity contribution >= 4 is 11.5 Å². The Kier molecular flexibility index (Phi) is 8.09. The van der Waals surface area contributed by atoms with Crippen LogP contribution in [0.1, 0.15) is 35.4 Å². The van der Waals surface area contributed by atoms with Crippen LogP contribution in [0.25, 0.3) is 5.57 Å². The van der Waals surface area contributed by atoms with Crippen molar-refractivity contribution < 1.29 is 43.1 Å². The lowest BCUT2D eigenvalue weighted by atomic mass is 9.94. The van der Waals surface area contributed by atoms with Gasteiger partial charge < -0.3 is 30.1 Å². The molecule has 0 saturated carbocycles. The second-order valence-corrected chi connectivity index (χ2v) is 8.98. The van der Waals surface area contributed by atoms with E-state index in [1.54, 1.807) is 13.0 Å². The van der Waals surface area contributed by atoms with Gasteiger partial charge in [0.1, 0.15) is 35.9 Å². The van der Waals surface area contributed by atoms with Gasteiger partial charge in [-0.15, -0.1) is 5.10 Å². The van der Waals surface area contributed by atoms with Crippen molar-refractivity contribution in [3.63, 3.8) is 0 Å². The number of halogens is 3. The van der Waals surface area contributed by atoms with Crippen LogP contribution in [0, 0.1) is 17.6 Å². The molecule has 4 unspecified atom stereocenters. The number of carbonyl (C=O) groups excluding carboxylic acids is 1. The van der Waals surface area contributed by atoms with Gasteiger partial charge in [0.2, 0.25) is 0 Å². The fourth-order valence-electron chi connectivity index (χ4n) is 4.40. The quantitative estimate of drug-likeness (QED) is 0.420. The lowest BCUT2D eigenvalue weighted by Crippen LogP contribution is -2.62. The van der Waals surface area contributed by atoms with Crippen LogP contribution in [0.4, 0.5) is 13.2 Å². The summed E-state index contributed by atoms with van der Waals surface area (Å²) in [4.78, 5) is 14.0. The number of nitrogens with zero attached hydrogens (tertiary/aromatic N) is 4. The number of aliphatic hydroxyl groups is 4. The average Bonchev–Trinajstić information content (AvgIpc) is 3.36. The molecule has 0 bridgehead atoms. The number of hydrogen-bond donors (Lipinski definition) is 4. The van der Waals surface area contributed by atoms with Crippen molar-refractivity contribution in [3.05, 3.63) is 65.3 Å². The molecule has 0 radical (unpaired) electrons. The van der Waals surface area contributed by atoms with Crippen LogP contribution in [0.3, 0.4) is 0 Å². The lowest BCUT2D eigenvalue weighted by molar-refractivity contribution is -0.239. The van der Waals surface area contributed by atoms with Crippen LogP contribution in [0.15, 0.2) is 42.4 Å². The van der Waals surface area contributed by atoms with Crippen LogP contribution in [0.2, 0.25) is 0 Å². The van der Waals surface area contributed by atoms with Gasteiger partial charge >= 0.3 is 0 Å². The van der Waals surface area contributed by atoms with Crippen LogP contribution in [-0.2, 0) is 4.74 Å². The second kappa shape index (κ2) is 11.1. The predicted octanol–water partition coefficient (Wildman–Crippen LogP) is 0.948. The molecule has 2 aromatic rings. The smallest absolute Gasteiger partial charge is 0.256 e. The number of aromatic nitrogens is 3. The highest BCUT2D eigenvalue weighted by atomic mass is 19.2. The van der Waals surface area contributed by atoms with Gasteiger partial charge in [-0.2, -0.15) is 0 Å². The van der Waals surface area contributed by atoms with E-state index in [1.807, 2.05) is 0 Å². The summed E-state index contributed by atoms with van der Waals surface area (Å²) in [5.41, 5.74) is 0.459. The molecule has 6 atom stereocenters. The third-order valence-electron chi connectivity index (χ3n) is 6.51. The molecule has 200 valence electrons. The van der Waals surface area contributed by atoms with Crippen LogP contribution in [0.5, 0.6) is 0 Å². The van der Waals surface area contributed by atoms with E-state index >= 15 is 0 Å². The van der Waals surface area contributed by atoms with E-state index in [0.717, 1.165) is 21.7 Å². The molecule has 2 aliphatic rings. The maximum absolute atomic E-state index is 14.1. The molecule has 0 spiro atoms. The molecule has 4 rings (SSSR count). The molecular formula is C24H27F3N4O6. The van der Waals surface area contributed by atoms with Gasteiger partial charge in [0.25, 0.3) is 5.91 Å². The normalized spacial score (nSPS) is 28.0. The van der Waals surface area contributed by atoms with Crippen molar-refractivity contribution in [3.8, 4) is 0 Å². The Morgan fingerprint density at radius 3 is 2.59 bits per heavy atom. The first kappa shape index (κ1) is 26.9. The molecule has 1 amide bonds. The number of carbonyl (C=O) groups is 1. The number of rotatable bonds is 7. The standard InChI is InChI=1S/C24H27F3N4O6/c1-12-2-3-13(8-16(12)26)18-10-31(29-28-18)20-21(34)19(11-33)37-24(22(20)35)30(6-7-32)23(36)14-4-5-15(25)17(27)9-14/h3-5,8-10,12,19-22,24,32-35H,2,6-7,11H2,1H3/t12?,19?,20?,21-,22?,24+/m0/s1. The summed E-state index contributed by atoms with van der Waals surface area (Å²) in [6, 6.07) is 1.18. The molecule has 10 nitrogen and oxygen atoms in total. The first-order valence-electron chi connectivity index (χ1n) is 11.6. The molecule has 37 heavy (non-hydrogen) atoms. The Morgan fingerprint density at radius 1 is 1.19 bits per heavy atom. The number of aliphatic hydroxyl groups excluding tert-OH is 4. The lowest BCUT2D eigenvalue weighted by Gasteiger charge is -2.46. The Bertz CT molecular complexity index is 1200. The van der Waals surface area contributed by atoms with E-state index in [-0.39, 0.29) is 29.5 Å². The van der Waals surface area contributed by atoms with Gasteiger partial charge in [-0.25, -0.2) is 17.9 Å². The van der Waals surface area contributed by atoms with Crippen molar-refractivity contribution in [2.45, 2.75) is 43.9 Å². The molecule has 1 aromatic heterocycles. The van der Waals surface area contributed by atoms with Gasteiger partial charge in [-0.05, 0) is 30.7 Å². The van der Waals surface area contributed by atoms with E-state index in [1.165, 1.54) is 12.3 Å². The molecule has 1 fully saturated rings. The van der Waals surface area contributed by atoms with Gasteiger partial charge in [0, 0.05) is 23.6 Å². The summed E-state index contributed by atoms with van der Waals surface area (Å²) in [6.07, 6.45) is -1.07. The maximum atomic E-state index is 14.1. The largest absolute Gasteiger partial charge is 0.395 e. The molecule has 4 N–H and O–H groups in total. The van der Waals surface area contributed by atoms with Crippen molar-refractivity contribution in [1.29, 1.82) is 0 Å². The average molecular weight is 524 g/mol. The first-order valence-corrected chi connectivity index (χ1v) is 11.6. The SMILES string of the molecule is CC1CC=C(c2cn(C3C(O)[C@H](N(CCO)C(=O)c4ccc(F)c(F)c4)OC(CO)[C@@H]3O)nn2)C=C1F. The third-order valence-corrected chi connectivity index (χ3v) is 6.51. The number of allylic oxidation sites excluding steroid dienone is 4. The van der Waals surface area contributed by atoms with Gasteiger partial charge in [-0.3, -0.25) is 4.79 Å². The highest BCUT2D eigenvalue weighted by Crippen LogP contribution is 2.34. The Morgan fingerprint density at radius 2 is 1.95 bits per heavy atom. The zero-order valence-electron chi connectivity index (χ0n) is 19.8. The maximum Gasteiger partial charge on any atom is 0.256 e. The predicted molar refractivity (Wildman–Crippen MR) is 122 cm³/mol. The monoisotopic (exact) mass is 524 g/mol. The van der Waals surface area contributed by atoms with Gasteiger partial charge in [-0.1, -0.05) is 18.2 Å². The minimum Gasteiger partial charge on any atom is -0.395 e. The number of hydrogen-bond acceptors (Lipinski definition) is 8. The van der Waals surface area contributed by atoms with Crippen LogP contribution in [-0.4, -0.2) is 90.5 Å². The van der Waals surface area contributed by atoms with Crippen LogP contribution >= 0.6 is 0 Å². The van der Waals surface area contributed by atoms with E-state index < -0.39 is 61.3 Å². The minimum atomic E-state index is -1.67.